The van der Waals surface area contributed by atoms with Crippen LogP contribution < -0.4 is 0 Å². The van der Waals surface area contributed by atoms with Gasteiger partial charge < -0.3 is 19.7 Å². The van der Waals surface area contributed by atoms with Gasteiger partial charge in [-0.25, -0.2) is 4.79 Å². The number of aliphatic hydroxyl groups excluding tert-OH is 1. The van der Waals surface area contributed by atoms with Crippen molar-refractivity contribution in [1.82, 2.24) is 0 Å². The van der Waals surface area contributed by atoms with E-state index in [1.54, 1.807) is 31.2 Å². The molecule has 2 fully saturated rings. The van der Waals surface area contributed by atoms with E-state index in [9.17, 15) is 24.6 Å². The van der Waals surface area contributed by atoms with E-state index in [4.69, 9.17) is 9.47 Å². The summed E-state index contributed by atoms with van der Waals surface area (Å²) in [4.78, 5) is 39.1. The Kier molecular flexibility index (Phi) is 8.17. The summed E-state index contributed by atoms with van der Waals surface area (Å²) in [5.41, 5.74) is -2.87. The molecule has 2 N–H and O–H groups in total. The van der Waals surface area contributed by atoms with E-state index in [2.05, 4.69) is 20.8 Å². The van der Waals surface area contributed by atoms with Crippen LogP contribution in [0.5, 0.6) is 0 Å². The van der Waals surface area contributed by atoms with Crippen molar-refractivity contribution in [2.24, 2.45) is 34.5 Å². The molecule has 0 radical (unpaired) electrons. The topological polar surface area (TPSA) is 110 Å². The number of esters is 2. The highest BCUT2D eigenvalue weighted by Crippen LogP contribution is 2.71. The molecule has 4 rings (SSSR count). The first kappa shape index (κ1) is 29.5. The summed E-state index contributed by atoms with van der Waals surface area (Å²) >= 11 is 0. The van der Waals surface area contributed by atoms with Crippen molar-refractivity contribution in [3.8, 4) is 0 Å². The lowest BCUT2D eigenvalue weighted by Gasteiger charge is -2.48. The first-order chi connectivity index (χ1) is 18.3. The number of carbonyl (C=O) groups excluding carboxylic acids is 3. The van der Waals surface area contributed by atoms with Crippen LogP contribution in [0.4, 0.5) is 0 Å². The Hall–Kier alpha value is -2.51. The van der Waals surface area contributed by atoms with Crippen LogP contribution in [0.2, 0.25) is 0 Å². The molecular weight excluding hydrogens is 496 g/mol. The van der Waals surface area contributed by atoms with Crippen molar-refractivity contribution in [3.63, 3.8) is 0 Å². The van der Waals surface area contributed by atoms with E-state index in [-0.39, 0.29) is 41.1 Å². The van der Waals surface area contributed by atoms with Gasteiger partial charge in [0.2, 0.25) is 0 Å². The van der Waals surface area contributed by atoms with Gasteiger partial charge in [-0.1, -0.05) is 70.9 Å². The van der Waals surface area contributed by atoms with E-state index >= 15 is 0 Å². The Labute approximate surface area is 232 Å². The lowest BCUT2D eigenvalue weighted by molar-refractivity contribution is -0.201. The van der Waals surface area contributed by atoms with Gasteiger partial charge in [-0.05, 0) is 60.5 Å². The normalized spacial score (nSPS) is 38.4. The number of ketones is 1. The summed E-state index contributed by atoms with van der Waals surface area (Å²) < 4.78 is 11.1. The van der Waals surface area contributed by atoms with E-state index in [0.29, 0.717) is 12.0 Å². The molecule has 4 aliphatic carbocycles. The molecule has 1 spiro atoms. The van der Waals surface area contributed by atoms with Gasteiger partial charge in [0.15, 0.2) is 17.5 Å². The molecule has 0 heterocycles. The second-order valence-electron chi connectivity index (χ2n) is 12.6. The molecule has 7 heteroatoms. The van der Waals surface area contributed by atoms with Crippen LogP contribution in [0.3, 0.4) is 0 Å². The highest BCUT2D eigenvalue weighted by atomic mass is 16.6. The zero-order valence-corrected chi connectivity index (χ0v) is 24.1. The number of rotatable bonds is 9. The van der Waals surface area contributed by atoms with Crippen molar-refractivity contribution in [2.75, 3.05) is 6.61 Å². The molecule has 2 bridgehead atoms. The Balaban J connectivity index is 1.69. The average molecular weight is 541 g/mol. The number of hydrogen-bond acceptors (Lipinski definition) is 7. The maximum absolute atomic E-state index is 14.5. The largest absolute Gasteiger partial charge is 0.461 e. The van der Waals surface area contributed by atoms with Crippen molar-refractivity contribution in [3.05, 3.63) is 47.6 Å². The number of hydrogen-bond donors (Lipinski definition) is 2. The molecule has 2 saturated carbocycles. The first-order valence-corrected chi connectivity index (χ1v) is 14.4. The third-order valence-electron chi connectivity index (χ3n) is 9.84. The first-order valence-electron chi connectivity index (χ1n) is 14.4. The second-order valence-corrected chi connectivity index (χ2v) is 12.6. The van der Waals surface area contributed by atoms with Crippen molar-refractivity contribution in [1.29, 1.82) is 0 Å². The minimum Gasteiger partial charge on any atom is -0.461 e. The zero-order valence-electron chi connectivity index (χ0n) is 24.1. The van der Waals surface area contributed by atoms with E-state index in [0.717, 1.165) is 25.7 Å². The number of ether oxygens (including phenoxy) is 2. The fourth-order valence-corrected chi connectivity index (χ4v) is 7.74. The van der Waals surface area contributed by atoms with E-state index < -0.39 is 41.1 Å². The monoisotopic (exact) mass is 540 g/mol. The maximum atomic E-state index is 14.5. The number of allylic oxidation sites excluding steroid dienone is 4. The summed E-state index contributed by atoms with van der Waals surface area (Å²) in [7, 11) is 0. The molecule has 0 aromatic heterocycles. The van der Waals surface area contributed by atoms with Gasteiger partial charge in [-0.3, -0.25) is 9.59 Å². The molecule has 0 aliphatic heterocycles. The fraction of sp³-hybridized carbons (Fsp3) is 0.656. The van der Waals surface area contributed by atoms with Crippen LogP contribution >= 0.6 is 0 Å². The summed E-state index contributed by atoms with van der Waals surface area (Å²) in [5.74, 6) is -1.92. The molecule has 4 aliphatic rings. The molecular formula is C32H44O7. The van der Waals surface area contributed by atoms with Crippen molar-refractivity contribution in [2.45, 2.75) is 91.5 Å². The number of fused-ring (bicyclic) bond motifs is 3. The SMILES string of the molecule is CCCCC/C=C\C=C\C(=O)O[C@H]1C(C)=CC23C(=O)C(C=C(COC(C)=O)[C@@H](O)[C@]12O)[C@H]1[C@@H](C[C@H]3C)C1(C)C. The molecule has 0 aromatic rings. The summed E-state index contributed by atoms with van der Waals surface area (Å²) in [6, 6.07) is 0. The van der Waals surface area contributed by atoms with Crippen LogP contribution in [-0.4, -0.2) is 52.4 Å². The predicted octanol–water partition coefficient (Wildman–Crippen LogP) is 4.63. The standard InChI is InChI=1S/C32H44O7/c1-7-8-9-10-11-12-13-14-25(34)39-29-19(2)17-31-20(3)15-24-26(30(24,5)6)23(28(31)36)16-22(18-38-21(4)33)27(35)32(29,31)37/h11-14,16-17,20,23-24,26-27,29,35,37H,7-10,15,18H2,1-6H3/b12-11-,14-13+/t20-,23?,24-,26+,27-,29+,31?,32+/m1/s1. The van der Waals surface area contributed by atoms with Gasteiger partial charge in [0, 0.05) is 18.9 Å². The Morgan fingerprint density at radius 3 is 2.59 bits per heavy atom. The second kappa shape index (κ2) is 10.8. The maximum Gasteiger partial charge on any atom is 0.331 e. The molecule has 214 valence electrons. The van der Waals surface area contributed by atoms with Crippen LogP contribution in [0, 0.1) is 34.5 Å². The fourth-order valence-electron chi connectivity index (χ4n) is 7.74. The van der Waals surface area contributed by atoms with Gasteiger partial charge in [0.1, 0.15) is 12.7 Å². The molecule has 7 nitrogen and oxygen atoms in total. The van der Waals surface area contributed by atoms with Crippen LogP contribution in [0.1, 0.15) is 73.6 Å². The van der Waals surface area contributed by atoms with Gasteiger partial charge in [-0.15, -0.1) is 0 Å². The molecule has 39 heavy (non-hydrogen) atoms. The number of carbonyl (C=O) groups is 3. The van der Waals surface area contributed by atoms with Crippen LogP contribution in [-0.2, 0) is 23.9 Å². The van der Waals surface area contributed by atoms with E-state index in [1.807, 2.05) is 13.0 Å². The summed E-state index contributed by atoms with van der Waals surface area (Å²) in [5, 5.41) is 24.3. The molecule has 0 aromatic carbocycles. The van der Waals surface area contributed by atoms with Gasteiger partial charge in [0.25, 0.3) is 0 Å². The minimum atomic E-state index is -2.14. The van der Waals surface area contributed by atoms with Gasteiger partial charge >= 0.3 is 11.9 Å². The molecule has 0 saturated heterocycles. The number of aliphatic hydroxyl groups is 2. The minimum absolute atomic E-state index is 0.0519. The molecule has 2 unspecified atom stereocenters. The van der Waals surface area contributed by atoms with Crippen LogP contribution in [0.15, 0.2) is 47.6 Å². The molecule has 0 amide bonds. The smallest absolute Gasteiger partial charge is 0.331 e. The predicted molar refractivity (Wildman–Crippen MR) is 147 cm³/mol. The number of unbranched alkanes of at least 4 members (excludes halogenated alkanes) is 3. The van der Waals surface area contributed by atoms with Gasteiger partial charge in [-0.2, -0.15) is 0 Å². The van der Waals surface area contributed by atoms with Gasteiger partial charge in [0.05, 0.1) is 5.41 Å². The average Bonchev–Trinajstić information content (AvgIpc) is 3.36. The summed E-state index contributed by atoms with van der Waals surface area (Å²) in [6.45, 7) is 11.1. The third-order valence-corrected chi connectivity index (χ3v) is 9.84. The molecule has 8 atom stereocenters. The Bertz CT molecular complexity index is 1130. The number of Topliss-reactive ketones (excluding diaryl/α,β-unsaturated/α-hetero) is 1. The lowest BCUT2D eigenvalue weighted by Crippen LogP contribution is -2.65. The lowest BCUT2D eigenvalue weighted by atomic mass is 9.59. The van der Waals surface area contributed by atoms with Crippen molar-refractivity contribution >= 4 is 17.7 Å². The Morgan fingerprint density at radius 1 is 1.21 bits per heavy atom. The third kappa shape index (κ3) is 4.76. The van der Waals surface area contributed by atoms with Crippen LogP contribution in [0.25, 0.3) is 0 Å². The highest BCUT2D eigenvalue weighted by molar-refractivity contribution is 5.95. The highest BCUT2D eigenvalue weighted by Gasteiger charge is 2.76. The van der Waals surface area contributed by atoms with Crippen molar-refractivity contribution < 1.29 is 34.1 Å². The Morgan fingerprint density at radius 2 is 1.92 bits per heavy atom. The quantitative estimate of drug-likeness (QED) is 0.144. The summed E-state index contributed by atoms with van der Waals surface area (Å²) in [6.07, 6.45) is 12.3. The zero-order chi connectivity index (χ0) is 28.8. The van der Waals surface area contributed by atoms with E-state index in [1.165, 1.54) is 13.0 Å².